The summed E-state index contributed by atoms with van der Waals surface area (Å²) in [6.07, 6.45) is 1.27. The monoisotopic (exact) mass is 384 g/mol. The van der Waals surface area contributed by atoms with Crippen molar-refractivity contribution >= 4 is 22.6 Å². The Labute approximate surface area is 160 Å². The first kappa shape index (κ1) is 19.2. The fraction of sp³-hybridized carbons (Fsp3) is 0.263. The van der Waals surface area contributed by atoms with E-state index in [0.29, 0.717) is 19.4 Å². The Balaban J connectivity index is 1.64. The molecule has 1 amide bonds. The van der Waals surface area contributed by atoms with Crippen LogP contribution in [0.3, 0.4) is 0 Å². The lowest BCUT2D eigenvalue weighted by molar-refractivity contribution is -0.385. The third-order valence-corrected chi connectivity index (χ3v) is 4.26. The van der Waals surface area contributed by atoms with Gasteiger partial charge in [-0.3, -0.25) is 14.9 Å². The molecular formula is C19H20N4O5. The summed E-state index contributed by atoms with van der Waals surface area (Å²) in [5, 5.41) is 14.0. The Morgan fingerprint density at radius 3 is 2.61 bits per heavy atom. The first-order chi connectivity index (χ1) is 13.5. The minimum absolute atomic E-state index is 0.0774. The van der Waals surface area contributed by atoms with Gasteiger partial charge in [-0.15, -0.1) is 0 Å². The normalized spacial score (nSPS) is 10.6. The van der Waals surface area contributed by atoms with E-state index in [1.165, 1.54) is 26.4 Å². The Hall–Kier alpha value is -3.62. The molecule has 0 aliphatic carbocycles. The second kappa shape index (κ2) is 8.38. The molecule has 0 saturated heterocycles. The van der Waals surface area contributed by atoms with Crippen LogP contribution in [0.2, 0.25) is 0 Å². The van der Waals surface area contributed by atoms with E-state index in [4.69, 9.17) is 9.47 Å². The molecule has 0 bridgehead atoms. The average molecular weight is 384 g/mol. The number of para-hydroxylation sites is 2. The maximum Gasteiger partial charge on any atom is 0.286 e. The molecule has 146 valence electrons. The largest absolute Gasteiger partial charge is 0.493 e. The van der Waals surface area contributed by atoms with Gasteiger partial charge in [-0.1, -0.05) is 12.1 Å². The Kier molecular flexibility index (Phi) is 5.73. The number of amides is 1. The van der Waals surface area contributed by atoms with Crippen molar-refractivity contribution in [3.63, 3.8) is 0 Å². The summed E-state index contributed by atoms with van der Waals surface area (Å²) >= 11 is 0. The van der Waals surface area contributed by atoms with Crippen LogP contribution in [0.15, 0.2) is 36.4 Å². The third-order valence-electron chi connectivity index (χ3n) is 4.26. The van der Waals surface area contributed by atoms with E-state index in [2.05, 4.69) is 15.3 Å². The van der Waals surface area contributed by atoms with Crippen molar-refractivity contribution in [3.05, 3.63) is 57.9 Å². The predicted molar refractivity (Wildman–Crippen MR) is 103 cm³/mol. The van der Waals surface area contributed by atoms with Gasteiger partial charge in [-0.25, -0.2) is 4.98 Å². The van der Waals surface area contributed by atoms with Crippen molar-refractivity contribution in [1.29, 1.82) is 0 Å². The predicted octanol–water partition coefficient (Wildman–Crippen LogP) is 2.85. The number of H-pyrrole nitrogens is 1. The van der Waals surface area contributed by atoms with Crippen LogP contribution in [0, 0.1) is 10.1 Å². The lowest BCUT2D eigenvalue weighted by Crippen LogP contribution is -2.25. The zero-order chi connectivity index (χ0) is 20.1. The fourth-order valence-electron chi connectivity index (χ4n) is 2.88. The Bertz CT molecular complexity index is 982. The van der Waals surface area contributed by atoms with Crippen molar-refractivity contribution in [3.8, 4) is 11.5 Å². The summed E-state index contributed by atoms with van der Waals surface area (Å²) in [6.45, 7) is 0.349. The van der Waals surface area contributed by atoms with E-state index >= 15 is 0 Å². The number of nitro benzene ring substituents is 1. The van der Waals surface area contributed by atoms with Gasteiger partial charge in [0.25, 0.3) is 11.6 Å². The molecule has 1 heterocycles. The lowest BCUT2D eigenvalue weighted by Gasteiger charge is -2.10. The molecule has 0 unspecified atom stereocenters. The zero-order valence-electron chi connectivity index (χ0n) is 15.5. The minimum atomic E-state index is -0.620. The molecular weight excluding hydrogens is 364 g/mol. The number of imidazole rings is 1. The van der Waals surface area contributed by atoms with Gasteiger partial charge in [0.05, 0.1) is 36.2 Å². The second-order valence-corrected chi connectivity index (χ2v) is 6.04. The molecule has 0 aliphatic heterocycles. The average Bonchev–Trinajstić information content (AvgIpc) is 3.12. The van der Waals surface area contributed by atoms with E-state index in [9.17, 15) is 14.9 Å². The summed E-state index contributed by atoms with van der Waals surface area (Å²) < 4.78 is 10.2. The Morgan fingerprint density at radius 1 is 1.21 bits per heavy atom. The maximum absolute atomic E-state index is 12.5. The van der Waals surface area contributed by atoms with Crippen LogP contribution in [-0.2, 0) is 6.42 Å². The van der Waals surface area contributed by atoms with E-state index in [1.807, 2.05) is 24.3 Å². The zero-order valence-corrected chi connectivity index (χ0v) is 15.5. The van der Waals surface area contributed by atoms with Gasteiger partial charge in [0, 0.05) is 19.0 Å². The summed E-state index contributed by atoms with van der Waals surface area (Å²) in [4.78, 5) is 30.8. The van der Waals surface area contributed by atoms with E-state index in [-0.39, 0.29) is 22.7 Å². The van der Waals surface area contributed by atoms with E-state index in [0.717, 1.165) is 16.9 Å². The molecule has 2 N–H and O–H groups in total. The molecule has 3 aromatic rings. The number of hydrogen-bond acceptors (Lipinski definition) is 6. The summed E-state index contributed by atoms with van der Waals surface area (Å²) in [6, 6.07) is 10.2. The highest BCUT2D eigenvalue weighted by atomic mass is 16.6. The standard InChI is InChI=1S/C19H20N4O5/c1-27-16-10-12(15(23(25)26)11-17(16)28-2)19(24)20-9-5-8-18-21-13-6-3-4-7-14(13)22-18/h3-4,6-7,10-11H,5,8-9H2,1-2H3,(H,20,24)(H,21,22). The van der Waals surface area contributed by atoms with Crippen LogP contribution < -0.4 is 14.8 Å². The van der Waals surface area contributed by atoms with Crippen LogP contribution in [0.5, 0.6) is 11.5 Å². The number of ether oxygens (including phenoxy) is 2. The summed E-state index contributed by atoms with van der Waals surface area (Å²) in [5.41, 5.74) is 1.43. The molecule has 3 rings (SSSR count). The second-order valence-electron chi connectivity index (χ2n) is 6.04. The minimum Gasteiger partial charge on any atom is -0.493 e. The van der Waals surface area contributed by atoms with Crippen LogP contribution in [0.1, 0.15) is 22.6 Å². The maximum atomic E-state index is 12.5. The number of aromatic nitrogens is 2. The quantitative estimate of drug-likeness (QED) is 0.350. The molecule has 0 radical (unpaired) electrons. The highest BCUT2D eigenvalue weighted by Crippen LogP contribution is 2.34. The number of hydrogen-bond donors (Lipinski definition) is 2. The van der Waals surface area contributed by atoms with Gasteiger partial charge < -0.3 is 19.8 Å². The topological polar surface area (TPSA) is 119 Å². The first-order valence-corrected chi connectivity index (χ1v) is 8.65. The van der Waals surface area contributed by atoms with Crippen molar-refractivity contribution in [1.82, 2.24) is 15.3 Å². The number of carbonyl (C=O) groups is 1. The molecule has 0 spiro atoms. The summed E-state index contributed by atoms with van der Waals surface area (Å²) in [5.74, 6) is 0.723. The number of aryl methyl sites for hydroxylation is 1. The number of aromatic amines is 1. The number of fused-ring (bicyclic) bond motifs is 1. The highest BCUT2D eigenvalue weighted by molar-refractivity contribution is 5.99. The van der Waals surface area contributed by atoms with Crippen LogP contribution in [0.4, 0.5) is 5.69 Å². The number of benzene rings is 2. The van der Waals surface area contributed by atoms with Crippen molar-refractivity contribution in [2.75, 3.05) is 20.8 Å². The SMILES string of the molecule is COc1cc(C(=O)NCCCc2nc3ccccc3[nH]2)c([N+](=O)[O-])cc1OC. The van der Waals surface area contributed by atoms with E-state index in [1.54, 1.807) is 0 Å². The number of methoxy groups -OCH3 is 2. The van der Waals surface area contributed by atoms with Crippen LogP contribution in [-0.4, -0.2) is 41.6 Å². The third kappa shape index (κ3) is 4.03. The van der Waals surface area contributed by atoms with Crippen LogP contribution in [0.25, 0.3) is 11.0 Å². The van der Waals surface area contributed by atoms with Gasteiger partial charge in [-0.05, 0) is 18.6 Å². The smallest absolute Gasteiger partial charge is 0.286 e. The fourth-order valence-corrected chi connectivity index (χ4v) is 2.88. The van der Waals surface area contributed by atoms with Gasteiger partial charge in [-0.2, -0.15) is 0 Å². The number of nitrogens with one attached hydrogen (secondary N) is 2. The highest BCUT2D eigenvalue weighted by Gasteiger charge is 2.24. The van der Waals surface area contributed by atoms with Gasteiger partial charge in [0.15, 0.2) is 11.5 Å². The molecule has 9 nitrogen and oxygen atoms in total. The molecule has 0 fully saturated rings. The molecule has 2 aromatic carbocycles. The Morgan fingerprint density at radius 2 is 1.93 bits per heavy atom. The number of nitro groups is 1. The molecule has 0 saturated carbocycles. The van der Waals surface area contributed by atoms with Gasteiger partial charge in [0.2, 0.25) is 0 Å². The van der Waals surface area contributed by atoms with Crippen molar-refractivity contribution in [2.24, 2.45) is 0 Å². The van der Waals surface area contributed by atoms with Crippen LogP contribution >= 0.6 is 0 Å². The van der Waals surface area contributed by atoms with Gasteiger partial charge in [0.1, 0.15) is 11.4 Å². The molecule has 0 atom stereocenters. The molecule has 0 aliphatic rings. The number of rotatable bonds is 8. The first-order valence-electron chi connectivity index (χ1n) is 8.65. The molecule has 28 heavy (non-hydrogen) atoms. The summed E-state index contributed by atoms with van der Waals surface area (Å²) in [7, 11) is 2.78. The van der Waals surface area contributed by atoms with Crippen molar-refractivity contribution in [2.45, 2.75) is 12.8 Å². The lowest BCUT2D eigenvalue weighted by atomic mass is 10.1. The van der Waals surface area contributed by atoms with Gasteiger partial charge >= 0.3 is 0 Å². The number of nitrogens with zero attached hydrogens (tertiary/aromatic N) is 2. The number of carbonyl (C=O) groups excluding carboxylic acids is 1. The molecule has 9 heteroatoms. The van der Waals surface area contributed by atoms with E-state index < -0.39 is 10.8 Å². The molecule has 1 aromatic heterocycles. The van der Waals surface area contributed by atoms with Crippen molar-refractivity contribution < 1.29 is 19.2 Å².